The SMILES string of the molecule is CC(C)(C)c1ccc(C(N)C2CCCOC2)cc1. The van der Waals surface area contributed by atoms with Gasteiger partial charge in [-0.15, -0.1) is 0 Å². The van der Waals surface area contributed by atoms with Gasteiger partial charge in [0.2, 0.25) is 0 Å². The van der Waals surface area contributed by atoms with Crippen LogP contribution in [0.2, 0.25) is 0 Å². The van der Waals surface area contributed by atoms with E-state index < -0.39 is 0 Å². The van der Waals surface area contributed by atoms with E-state index in [1.54, 1.807) is 0 Å². The van der Waals surface area contributed by atoms with Gasteiger partial charge in [-0.05, 0) is 29.4 Å². The number of ether oxygens (including phenoxy) is 1. The fraction of sp³-hybridized carbons (Fsp3) is 0.625. The highest BCUT2D eigenvalue weighted by molar-refractivity contribution is 5.29. The second-order valence-electron chi connectivity index (χ2n) is 6.38. The summed E-state index contributed by atoms with van der Waals surface area (Å²) in [4.78, 5) is 0. The van der Waals surface area contributed by atoms with Crippen LogP contribution in [0.3, 0.4) is 0 Å². The molecule has 1 aliphatic heterocycles. The second kappa shape index (κ2) is 5.41. The van der Waals surface area contributed by atoms with E-state index in [-0.39, 0.29) is 11.5 Å². The fourth-order valence-electron chi connectivity index (χ4n) is 2.53. The summed E-state index contributed by atoms with van der Waals surface area (Å²) in [5.41, 5.74) is 9.15. The molecular weight excluding hydrogens is 222 g/mol. The van der Waals surface area contributed by atoms with Gasteiger partial charge in [0.05, 0.1) is 6.61 Å². The highest BCUT2D eigenvalue weighted by atomic mass is 16.5. The predicted octanol–water partition coefficient (Wildman–Crippen LogP) is 3.41. The largest absolute Gasteiger partial charge is 0.381 e. The molecule has 1 saturated heterocycles. The van der Waals surface area contributed by atoms with Crippen LogP contribution in [-0.4, -0.2) is 13.2 Å². The lowest BCUT2D eigenvalue weighted by Crippen LogP contribution is -2.29. The topological polar surface area (TPSA) is 35.2 Å². The van der Waals surface area contributed by atoms with Crippen molar-refractivity contribution < 1.29 is 4.74 Å². The van der Waals surface area contributed by atoms with Gasteiger partial charge >= 0.3 is 0 Å². The fourth-order valence-corrected chi connectivity index (χ4v) is 2.53. The number of hydrogen-bond acceptors (Lipinski definition) is 2. The van der Waals surface area contributed by atoms with Crippen LogP contribution in [0.4, 0.5) is 0 Å². The molecule has 0 radical (unpaired) electrons. The first-order valence-electron chi connectivity index (χ1n) is 6.92. The van der Waals surface area contributed by atoms with Crippen LogP contribution in [0.15, 0.2) is 24.3 Å². The maximum atomic E-state index is 6.35. The molecule has 18 heavy (non-hydrogen) atoms. The first-order valence-corrected chi connectivity index (χ1v) is 6.92. The zero-order valence-corrected chi connectivity index (χ0v) is 11.8. The third-order valence-corrected chi connectivity index (χ3v) is 3.86. The van der Waals surface area contributed by atoms with Crippen molar-refractivity contribution in [3.05, 3.63) is 35.4 Å². The standard InChI is InChI=1S/C16H25NO/c1-16(2,3)14-8-6-12(7-9-14)15(17)13-5-4-10-18-11-13/h6-9,13,15H,4-5,10-11,17H2,1-3H3. The summed E-state index contributed by atoms with van der Waals surface area (Å²) in [6.07, 6.45) is 2.32. The maximum absolute atomic E-state index is 6.35. The van der Waals surface area contributed by atoms with Gasteiger partial charge < -0.3 is 10.5 Å². The molecule has 1 fully saturated rings. The van der Waals surface area contributed by atoms with Gasteiger partial charge in [0.25, 0.3) is 0 Å². The van der Waals surface area contributed by atoms with E-state index >= 15 is 0 Å². The highest BCUT2D eigenvalue weighted by Crippen LogP contribution is 2.29. The van der Waals surface area contributed by atoms with Gasteiger partial charge in [0.1, 0.15) is 0 Å². The molecule has 2 unspecified atom stereocenters. The number of rotatable bonds is 2. The molecule has 0 amide bonds. The second-order valence-corrected chi connectivity index (χ2v) is 6.38. The summed E-state index contributed by atoms with van der Waals surface area (Å²) >= 11 is 0. The van der Waals surface area contributed by atoms with Crippen molar-refractivity contribution in [3.8, 4) is 0 Å². The lowest BCUT2D eigenvalue weighted by atomic mass is 9.84. The van der Waals surface area contributed by atoms with E-state index in [4.69, 9.17) is 10.5 Å². The molecule has 0 spiro atoms. The molecule has 0 aliphatic carbocycles. The Morgan fingerprint density at radius 1 is 1.22 bits per heavy atom. The Balaban J connectivity index is 2.09. The van der Waals surface area contributed by atoms with Crippen molar-refractivity contribution >= 4 is 0 Å². The van der Waals surface area contributed by atoms with Crippen molar-refractivity contribution in [1.82, 2.24) is 0 Å². The van der Waals surface area contributed by atoms with Crippen LogP contribution in [0, 0.1) is 5.92 Å². The molecule has 2 nitrogen and oxygen atoms in total. The molecule has 2 heteroatoms. The number of hydrogen-bond donors (Lipinski definition) is 1. The Hall–Kier alpha value is -0.860. The van der Waals surface area contributed by atoms with E-state index in [1.165, 1.54) is 17.5 Å². The molecule has 2 atom stereocenters. The third kappa shape index (κ3) is 3.12. The Labute approximate surface area is 111 Å². The zero-order chi connectivity index (χ0) is 13.2. The summed E-state index contributed by atoms with van der Waals surface area (Å²) in [6, 6.07) is 8.89. The zero-order valence-electron chi connectivity index (χ0n) is 11.8. The highest BCUT2D eigenvalue weighted by Gasteiger charge is 2.23. The molecular formula is C16H25NO. The molecule has 2 rings (SSSR count). The van der Waals surface area contributed by atoms with Crippen molar-refractivity contribution in [1.29, 1.82) is 0 Å². The van der Waals surface area contributed by atoms with Crippen LogP contribution in [-0.2, 0) is 10.2 Å². The average molecular weight is 247 g/mol. The monoisotopic (exact) mass is 247 g/mol. The van der Waals surface area contributed by atoms with Gasteiger partial charge in [0.15, 0.2) is 0 Å². The number of benzene rings is 1. The van der Waals surface area contributed by atoms with Gasteiger partial charge in [-0.25, -0.2) is 0 Å². The Kier molecular flexibility index (Phi) is 4.08. The molecule has 1 aliphatic rings. The Bertz CT molecular complexity index is 371. The quantitative estimate of drug-likeness (QED) is 0.869. The predicted molar refractivity (Wildman–Crippen MR) is 75.6 cm³/mol. The van der Waals surface area contributed by atoms with Crippen LogP contribution in [0.5, 0.6) is 0 Å². The van der Waals surface area contributed by atoms with Gasteiger partial charge in [0, 0.05) is 18.6 Å². The van der Waals surface area contributed by atoms with Crippen LogP contribution in [0.25, 0.3) is 0 Å². The third-order valence-electron chi connectivity index (χ3n) is 3.86. The first-order chi connectivity index (χ1) is 8.48. The summed E-state index contributed by atoms with van der Waals surface area (Å²) in [5.74, 6) is 0.472. The van der Waals surface area contributed by atoms with Gasteiger partial charge in [-0.3, -0.25) is 0 Å². The molecule has 0 bridgehead atoms. The minimum absolute atomic E-state index is 0.110. The summed E-state index contributed by atoms with van der Waals surface area (Å²) < 4.78 is 5.52. The summed E-state index contributed by atoms with van der Waals surface area (Å²) in [7, 11) is 0. The lowest BCUT2D eigenvalue weighted by Gasteiger charge is -2.28. The molecule has 0 saturated carbocycles. The molecule has 1 heterocycles. The Morgan fingerprint density at radius 3 is 2.39 bits per heavy atom. The minimum Gasteiger partial charge on any atom is -0.381 e. The van der Waals surface area contributed by atoms with Crippen molar-refractivity contribution in [3.63, 3.8) is 0 Å². The van der Waals surface area contributed by atoms with Crippen LogP contribution >= 0.6 is 0 Å². The van der Waals surface area contributed by atoms with Crippen molar-refractivity contribution in [2.45, 2.75) is 45.1 Å². The minimum atomic E-state index is 0.110. The van der Waals surface area contributed by atoms with E-state index in [0.717, 1.165) is 19.6 Å². The summed E-state index contributed by atoms with van der Waals surface area (Å²) in [6.45, 7) is 8.40. The Morgan fingerprint density at radius 2 is 1.89 bits per heavy atom. The van der Waals surface area contributed by atoms with Gasteiger partial charge in [-0.2, -0.15) is 0 Å². The first kappa shape index (κ1) is 13.6. The van der Waals surface area contributed by atoms with Crippen molar-refractivity contribution in [2.75, 3.05) is 13.2 Å². The van der Waals surface area contributed by atoms with E-state index in [9.17, 15) is 0 Å². The number of nitrogens with two attached hydrogens (primary N) is 1. The molecule has 1 aromatic carbocycles. The average Bonchev–Trinajstić information content (AvgIpc) is 2.38. The molecule has 1 aromatic rings. The molecule has 0 aromatic heterocycles. The van der Waals surface area contributed by atoms with Gasteiger partial charge in [-0.1, -0.05) is 45.0 Å². The van der Waals surface area contributed by atoms with Crippen LogP contribution < -0.4 is 5.73 Å². The van der Waals surface area contributed by atoms with Crippen LogP contribution in [0.1, 0.15) is 50.8 Å². The molecule has 100 valence electrons. The summed E-state index contributed by atoms with van der Waals surface area (Å²) in [5, 5.41) is 0. The van der Waals surface area contributed by atoms with Crippen molar-refractivity contribution in [2.24, 2.45) is 11.7 Å². The lowest BCUT2D eigenvalue weighted by molar-refractivity contribution is 0.0447. The van der Waals surface area contributed by atoms with E-state index in [2.05, 4.69) is 45.0 Å². The van der Waals surface area contributed by atoms with E-state index in [1.807, 2.05) is 0 Å². The smallest absolute Gasteiger partial charge is 0.0512 e. The van der Waals surface area contributed by atoms with E-state index in [0.29, 0.717) is 5.92 Å². The maximum Gasteiger partial charge on any atom is 0.0512 e. The normalized spacial score (nSPS) is 22.8. The molecule has 2 N–H and O–H groups in total.